The van der Waals surface area contributed by atoms with E-state index in [1.54, 1.807) is 19.1 Å². The summed E-state index contributed by atoms with van der Waals surface area (Å²) in [6.07, 6.45) is 0.639. The van der Waals surface area contributed by atoms with Crippen LogP contribution in [-0.2, 0) is 9.84 Å². The SMILES string of the molecule is CCS(=O)(=O)[C@H]1C[C@H]1c1cccc(F)c1. The Morgan fingerprint density at radius 3 is 2.80 bits per heavy atom. The predicted molar refractivity (Wildman–Crippen MR) is 57.0 cm³/mol. The van der Waals surface area contributed by atoms with Gasteiger partial charge in [0.1, 0.15) is 5.82 Å². The first-order valence-electron chi connectivity index (χ1n) is 5.01. The lowest BCUT2D eigenvalue weighted by Crippen LogP contribution is -2.10. The van der Waals surface area contributed by atoms with Crippen molar-refractivity contribution in [2.75, 3.05) is 5.75 Å². The van der Waals surface area contributed by atoms with Gasteiger partial charge in [0.2, 0.25) is 0 Å². The molecule has 15 heavy (non-hydrogen) atoms. The average Bonchev–Trinajstić information content (AvgIpc) is 2.98. The number of hydrogen-bond acceptors (Lipinski definition) is 2. The summed E-state index contributed by atoms with van der Waals surface area (Å²) in [6.45, 7) is 1.65. The zero-order valence-electron chi connectivity index (χ0n) is 8.48. The molecule has 2 rings (SSSR count). The maximum Gasteiger partial charge on any atom is 0.153 e. The van der Waals surface area contributed by atoms with Crippen LogP contribution in [0.15, 0.2) is 24.3 Å². The molecule has 0 spiro atoms. The molecule has 1 aromatic rings. The summed E-state index contributed by atoms with van der Waals surface area (Å²) in [7, 11) is -2.96. The summed E-state index contributed by atoms with van der Waals surface area (Å²) in [6, 6.07) is 6.21. The minimum absolute atomic E-state index is 0.00523. The molecule has 0 radical (unpaired) electrons. The van der Waals surface area contributed by atoms with Crippen LogP contribution in [0.4, 0.5) is 4.39 Å². The Morgan fingerprint density at radius 2 is 2.20 bits per heavy atom. The van der Waals surface area contributed by atoms with E-state index in [1.807, 2.05) is 0 Å². The van der Waals surface area contributed by atoms with Gasteiger partial charge in [-0.1, -0.05) is 19.1 Å². The third-order valence-electron chi connectivity index (χ3n) is 2.87. The van der Waals surface area contributed by atoms with E-state index in [9.17, 15) is 12.8 Å². The molecule has 0 aromatic heterocycles. The summed E-state index contributed by atoms with van der Waals surface area (Å²) >= 11 is 0. The molecule has 2 nitrogen and oxygen atoms in total. The van der Waals surface area contributed by atoms with Gasteiger partial charge in [-0.05, 0) is 24.1 Å². The third-order valence-corrected chi connectivity index (χ3v) is 5.12. The lowest BCUT2D eigenvalue weighted by atomic mass is 10.1. The molecule has 0 unspecified atom stereocenters. The van der Waals surface area contributed by atoms with Gasteiger partial charge in [0.15, 0.2) is 9.84 Å². The highest BCUT2D eigenvalue weighted by atomic mass is 32.2. The average molecular weight is 228 g/mol. The summed E-state index contributed by atoms with van der Waals surface area (Å²) in [5, 5.41) is -0.288. The molecule has 82 valence electrons. The minimum Gasteiger partial charge on any atom is -0.229 e. The van der Waals surface area contributed by atoms with Crippen LogP contribution in [0.2, 0.25) is 0 Å². The Kier molecular flexibility index (Phi) is 2.54. The molecule has 0 aliphatic heterocycles. The molecule has 1 fully saturated rings. The monoisotopic (exact) mass is 228 g/mol. The molecule has 1 aromatic carbocycles. The second-order valence-corrected chi connectivity index (χ2v) is 6.40. The van der Waals surface area contributed by atoms with E-state index in [0.29, 0.717) is 6.42 Å². The van der Waals surface area contributed by atoms with E-state index in [2.05, 4.69) is 0 Å². The van der Waals surface area contributed by atoms with Gasteiger partial charge in [-0.3, -0.25) is 0 Å². The maximum atomic E-state index is 12.9. The largest absolute Gasteiger partial charge is 0.229 e. The molecule has 0 heterocycles. The quantitative estimate of drug-likeness (QED) is 0.794. The van der Waals surface area contributed by atoms with Crippen LogP contribution >= 0.6 is 0 Å². The minimum atomic E-state index is -2.96. The normalized spacial score (nSPS) is 25.2. The van der Waals surface area contributed by atoms with Gasteiger partial charge in [-0.2, -0.15) is 0 Å². The van der Waals surface area contributed by atoms with Crippen molar-refractivity contribution in [2.45, 2.75) is 24.5 Å². The van der Waals surface area contributed by atoms with Crippen molar-refractivity contribution in [3.05, 3.63) is 35.6 Å². The Morgan fingerprint density at radius 1 is 1.47 bits per heavy atom. The number of halogens is 1. The molecular weight excluding hydrogens is 215 g/mol. The topological polar surface area (TPSA) is 34.1 Å². The van der Waals surface area contributed by atoms with Crippen molar-refractivity contribution in [1.29, 1.82) is 0 Å². The number of sulfone groups is 1. The molecule has 0 bridgehead atoms. The summed E-state index contributed by atoms with van der Waals surface area (Å²) in [5.41, 5.74) is 0.803. The lowest BCUT2D eigenvalue weighted by molar-refractivity contribution is 0.595. The van der Waals surface area contributed by atoms with Gasteiger partial charge in [0.25, 0.3) is 0 Å². The summed E-state index contributed by atoms with van der Waals surface area (Å²) < 4.78 is 36.0. The van der Waals surface area contributed by atoms with E-state index in [1.165, 1.54) is 12.1 Å². The van der Waals surface area contributed by atoms with E-state index in [-0.39, 0.29) is 22.7 Å². The molecule has 1 aliphatic carbocycles. The van der Waals surface area contributed by atoms with Crippen molar-refractivity contribution in [3.8, 4) is 0 Å². The fourth-order valence-corrected chi connectivity index (χ4v) is 3.46. The second-order valence-electron chi connectivity index (χ2n) is 3.89. The fourth-order valence-electron chi connectivity index (χ4n) is 1.87. The van der Waals surface area contributed by atoms with Crippen LogP contribution in [0.1, 0.15) is 24.8 Å². The fraction of sp³-hybridized carbons (Fsp3) is 0.455. The van der Waals surface area contributed by atoms with Gasteiger partial charge >= 0.3 is 0 Å². The van der Waals surface area contributed by atoms with Gasteiger partial charge in [-0.25, -0.2) is 12.8 Å². The smallest absolute Gasteiger partial charge is 0.153 e. The van der Waals surface area contributed by atoms with Gasteiger partial charge in [0, 0.05) is 11.7 Å². The van der Waals surface area contributed by atoms with E-state index >= 15 is 0 Å². The van der Waals surface area contributed by atoms with Crippen LogP contribution in [-0.4, -0.2) is 19.4 Å². The van der Waals surface area contributed by atoms with Crippen LogP contribution in [0.25, 0.3) is 0 Å². The Balaban J connectivity index is 2.18. The second kappa shape index (κ2) is 3.59. The lowest BCUT2D eigenvalue weighted by Gasteiger charge is -2.01. The predicted octanol–water partition coefficient (Wildman–Crippen LogP) is 2.12. The zero-order valence-corrected chi connectivity index (χ0v) is 9.30. The van der Waals surface area contributed by atoms with Crippen molar-refractivity contribution in [3.63, 3.8) is 0 Å². The Bertz CT molecular complexity index is 467. The van der Waals surface area contributed by atoms with Gasteiger partial charge in [0.05, 0.1) is 5.25 Å². The zero-order chi connectivity index (χ0) is 11.1. The first-order valence-corrected chi connectivity index (χ1v) is 6.73. The van der Waals surface area contributed by atoms with E-state index in [0.717, 1.165) is 5.56 Å². The summed E-state index contributed by atoms with van der Waals surface area (Å²) in [4.78, 5) is 0. The van der Waals surface area contributed by atoms with Crippen LogP contribution in [0, 0.1) is 5.82 Å². The number of hydrogen-bond donors (Lipinski definition) is 0. The van der Waals surface area contributed by atoms with Crippen molar-refractivity contribution in [2.24, 2.45) is 0 Å². The first kappa shape index (κ1) is 10.6. The molecule has 0 amide bonds. The van der Waals surface area contributed by atoms with Crippen LogP contribution in [0.5, 0.6) is 0 Å². The summed E-state index contributed by atoms with van der Waals surface area (Å²) in [5.74, 6) is -0.124. The third kappa shape index (κ3) is 2.04. The van der Waals surface area contributed by atoms with Crippen molar-refractivity contribution >= 4 is 9.84 Å². The molecule has 1 saturated carbocycles. The van der Waals surface area contributed by atoms with E-state index in [4.69, 9.17) is 0 Å². The number of rotatable bonds is 3. The molecule has 1 aliphatic rings. The maximum absolute atomic E-state index is 12.9. The van der Waals surface area contributed by atoms with Gasteiger partial charge in [-0.15, -0.1) is 0 Å². The van der Waals surface area contributed by atoms with E-state index < -0.39 is 9.84 Å². The Labute approximate surface area is 89.0 Å². The molecule has 0 N–H and O–H groups in total. The Hall–Kier alpha value is -0.900. The van der Waals surface area contributed by atoms with Crippen molar-refractivity contribution < 1.29 is 12.8 Å². The van der Waals surface area contributed by atoms with Crippen LogP contribution in [0.3, 0.4) is 0 Å². The highest BCUT2D eigenvalue weighted by molar-refractivity contribution is 7.92. The molecule has 4 heteroatoms. The van der Waals surface area contributed by atoms with Gasteiger partial charge < -0.3 is 0 Å². The highest BCUT2D eigenvalue weighted by Crippen LogP contribution is 2.46. The highest BCUT2D eigenvalue weighted by Gasteiger charge is 2.46. The number of benzene rings is 1. The first-order chi connectivity index (χ1) is 7.04. The molecular formula is C11H13FO2S. The van der Waals surface area contributed by atoms with Crippen molar-refractivity contribution in [1.82, 2.24) is 0 Å². The standard InChI is InChI=1S/C11H13FO2S/c1-2-15(13,14)11-7-10(11)8-4-3-5-9(12)6-8/h3-6,10-11H,2,7H2,1H3/t10-,11-/m0/s1. The molecule has 0 saturated heterocycles. The van der Waals surface area contributed by atoms with Crippen LogP contribution < -0.4 is 0 Å². The molecule has 2 atom stereocenters.